The highest BCUT2D eigenvalue weighted by Crippen LogP contribution is 2.07. The van der Waals surface area contributed by atoms with Crippen LogP contribution in [0, 0.1) is 0 Å². The number of rotatable bonds is 7. The van der Waals surface area contributed by atoms with Gasteiger partial charge in [0.2, 0.25) is 0 Å². The van der Waals surface area contributed by atoms with Gasteiger partial charge in [-0.15, -0.1) is 0 Å². The summed E-state index contributed by atoms with van der Waals surface area (Å²) >= 11 is 0. The van der Waals surface area contributed by atoms with E-state index in [-0.39, 0.29) is 18.4 Å². The molecule has 0 bridgehead atoms. The molecule has 0 amide bonds. The summed E-state index contributed by atoms with van der Waals surface area (Å²) in [6.45, 7) is 2.82. The maximum Gasteiger partial charge on any atom is 0.332 e. The Balaban J connectivity index is 2.02. The lowest BCUT2D eigenvalue weighted by molar-refractivity contribution is -0.148. The Kier molecular flexibility index (Phi) is 5.60. The number of hydrogen-bond acceptors (Lipinski definition) is 6. The van der Waals surface area contributed by atoms with Gasteiger partial charge < -0.3 is 14.8 Å². The number of hydrogen-bond donors (Lipinski definition) is 1. The fraction of sp³-hybridized carbons (Fsp3) is 0.700. The SMILES string of the molecule is CCOC(=O)COCCNC1C=CS(=O)(=O)C1. The Morgan fingerprint density at radius 1 is 1.53 bits per heavy atom. The summed E-state index contributed by atoms with van der Waals surface area (Å²) in [6, 6.07) is -0.161. The van der Waals surface area contributed by atoms with Gasteiger partial charge in [-0.05, 0) is 6.92 Å². The number of sulfone groups is 1. The van der Waals surface area contributed by atoms with Crippen LogP contribution in [0.1, 0.15) is 6.92 Å². The molecule has 1 aliphatic rings. The molecule has 0 aliphatic carbocycles. The molecule has 1 atom stereocenters. The van der Waals surface area contributed by atoms with Crippen LogP contribution in [-0.4, -0.2) is 52.5 Å². The summed E-state index contributed by atoms with van der Waals surface area (Å²) in [4.78, 5) is 10.9. The zero-order valence-corrected chi connectivity index (χ0v) is 10.5. The zero-order chi connectivity index (χ0) is 12.7. The molecule has 0 aromatic rings. The Morgan fingerprint density at radius 3 is 2.88 bits per heavy atom. The smallest absolute Gasteiger partial charge is 0.332 e. The van der Waals surface area contributed by atoms with Crippen LogP contribution in [0.2, 0.25) is 0 Å². The average Bonchev–Trinajstić information content (AvgIpc) is 2.58. The van der Waals surface area contributed by atoms with Gasteiger partial charge >= 0.3 is 5.97 Å². The first-order valence-corrected chi connectivity index (χ1v) is 7.13. The van der Waals surface area contributed by atoms with E-state index in [9.17, 15) is 13.2 Å². The predicted octanol–water partition coefficient (Wildman–Crippen LogP) is -0.534. The molecule has 0 saturated heterocycles. The molecule has 1 heterocycles. The minimum Gasteiger partial charge on any atom is -0.464 e. The van der Waals surface area contributed by atoms with E-state index in [1.54, 1.807) is 13.0 Å². The molecule has 7 heteroatoms. The van der Waals surface area contributed by atoms with E-state index in [1.807, 2.05) is 0 Å². The largest absolute Gasteiger partial charge is 0.464 e. The van der Waals surface area contributed by atoms with Crippen molar-refractivity contribution in [2.75, 3.05) is 32.1 Å². The summed E-state index contributed by atoms with van der Waals surface area (Å²) in [7, 11) is -3.02. The second-order valence-electron chi connectivity index (χ2n) is 3.58. The van der Waals surface area contributed by atoms with Crippen molar-refractivity contribution in [3.05, 3.63) is 11.5 Å². The van der Waals surface area contributed by atoms with E-state index < -0.39 is 15.8 Å². The fourth-order valence-corrected chi connectivity index (χ4v) is 2.65. The first-order valence-electron chi connectivity index (χ1n) is 5.41. The lowest BCUT2D eigenvalue weighted by atomic mass is 10.3. The van der Waals surface area contributed by atoms with E-state index in [4.69, 9.17) is 4.74 Å². The quantitative estimate of drug-likeness (QED) is 0.491. The molecule has 1 aliphatic heterocycles. The highest BCUT2D eigenvalue weighted by Gasteiger charge is 2.20. The van der Waals surface area contributed by atoms with E-state index in [1.165, 1.54) is 5.41 Å². The van der Waals surface area contributed by atoms with E-state index in [0.29, 0.717) is 19.8 Å². The number of ether oxygens (including phenoxy) is 2. The van der Waals surface area contributed by atoms with Gasteiger partial charge in [0, 0.05) is 18.0 Å². The van der Waals surface area contributed by atoms with Crippen LogP contribution in [0.25, 0.3) is 0 Å². The molecule has 0 spiro atoms. The van der Waals surface area contributed by atoms with Crippen molar-refractivity contribution in [3.63, 3.8) is 0 Å². The number of carbonyl (C=O) groups excluding carboxylic acids is 1. The lowest BCUT2D eigenvalue weighted by Crippen LogP contribution is -2.33. The lowest BCUT2D eigenvalue weighted by Gasteiger charge is -2.09. The van der Waals surface area contributed by atoms with Crippen LogP contribution in [0.15, 0.2) is 11.5 Å². The summed E-state index contributed by atoms with van der Waals surface area (Å²) in [5, 5.41) is 4.21. The number of carbonyl (C=O) groups is 1. The van der Waals surface area contributed by atoms with Crippen LogP contribution in [0.5, 0.6) is 0 Å². The molecule has 0 aromatic carbocycles. The monoisotopic (exact) mass is 263 g/mol. The summed E-state index contributed by atoms with van der Waals surface area (Å²) in [6.07, 6.45) is 1.61. The van der Waals surface area contributed by atoms with Crippen molar-refractivity contribution < 1.29 is 22.7 Å². The van der Waals surface area contributed by atoms with Gasteiger partial charge in [0.05, 0.1) is 19.0 Å². The first kappa shape index (κ1) is 14.1. The van der Waals surface area contributed by atoms with Gasteiger partial charge in [-0.25, -0.2) is 13.2 Å². The van der Waals surface area contributed by atoms with Crippen LogP contribution >= 0.6 is 0 Å². The van der Waals surface area contributed by atoms with Crippen LogP contribution in [0.3, 0.4) is 0 Å². The maximum atomic E-state index is 11.1. The highest BCUT2D eigenvalue weighted by atomic mass is 32.2. The van der Waals surface area contributed by atoms with Gasteiger partial charge in [-0.1, -0.05) is 6.08 Å². The number of nitrogens with one attached hydrogen (secondary N) is 1. The van der Waals surface area contributed by atoms with Gasteiger partial charge in [0.25, 0.3) is 0 Å². The Bertz CT molecular complexity index is 376. The molecule has 0 fully saturated rings. The summed E-state index contributed by atoms with van der Waals surface area (Å²) in [5.74, 6) is -0.305. The molecular formula is C10H17NO5S. The summed E-state index contributed by atoms with van der Waals surface area (Å²) < 4.78 is 31.9. The molecule has 0 saturated carbocycles. The minimum atomic E-state index is -3.02. The molecular weight excluding hydrogens is 246 g/mol. The maximum absolute atomic E-state index is 11.1. The molecule has 17 heavy (non-hydrogen) atoms. The molecule has 0 radical (unpaired) electrons. The van der Waals surface area contributed by atoms with E-state index in [0.717, 1.165) is 0 Å². The normalized spacial score (nSPS) is 21.6. The van der Waals surface area contributed by atoms with Crippen molar-refractivity contribution in [1.29, 1.82) is 0 Å². The van der Waals surface area contributed by atoms with Crippen molar-refractivity contribution in [2.24, 2.45) is 0 Å². The van der Waals surface area contributed by atoms with Gasteiger partial charge in [-0.3, -0.25) is 0 Å². The molecule has 0 aromatic heterocycles. The van der Waals surface area contributed by atoms with Gasteiger partial charge in [0.15, 0.2) is 9.84 Å². The van der Waals surface area contributed by atoms with Crippen molar-refractivity contribution in [3.8, 4) is 0 Å². The van der Waals surface area contributed by atoms with Gasteiger partial charge in [0.1, 0.15) is 6.61 Å². The third-order valence-corrected chi connectivity index (χ3v) is 3.50. The predicted molar refractivity (Wildman–Crippen MR) is 62.2 cm³/mol. The molecule has 1 unspecified atom stereocenters. The molecule has 98 valence electrons. The highest BCUT2D eigenvalue weighted by molar-refractivity contribution is 7.94. The van der Waals surface area contributed by atoms with Crippen molar-refractivity contribution in [1.82, 2.24) is 5.32 Å². The van der Waals surface area contributed by atoms with E-state index in [2.05, 4.69) is 10.1 Å². The second-order valence-corrected chi connectivity index (χ2v) is 5.51. The average molecular weight is 263 g/mol. The standard InChI is InChI=1S/C10H17NO5S/c1-2-16-10(12)7-15-5-4-11-9-3-6-17(13,14)8-9/h3,6,9,11H,2,4-5,7-8H2,1H3. The minimum absolute atomic E-state index is 0.0751. The number of esters is 1. The molecule has 1 N–H and O–H groups in total. The molecule has 1 rings (SSSR count). The Morgan fingerprint density at radius 2 is 2.29 bits per heavy atom. The third kappa shape index (κ3) is 5.81. The van der Waals surface area contributed by atoms with E-state index >= 15 is 0 Å². The van der Waals surface area contributed by atoms with Crippen LogP contribution in [0.4, 0.5) is 0 Å². The van der Waals surface area contributed by atoms with Crippen LogP contribution < -0.4 is 5.32 Å². The van der Waals surface area contributed by atoms with Gasteiger partial charge in [-0.2, -0.15) is 0 Å². The van der Waals surface area contributed by atoms with Crippen molar-refractivity contribution in [2.45, 2.75) is 13.0 Å². The Hall–Kier alpha value is -0.920. The summed E-state index contributed by atoms with van der Waals surface area (Å²) in [5.41, 5.74) is 0. The second kappa shape index (κ2) is 6.73. The van der Waals surface area contributed by atoms with Crippen LogP contribution in [-0.2, 0) is 24.1 Å². The van der Waals surface area contributed by atoms with Crippen molar-refractivity contribution >= 4 is 15.8 Å². The third-order valence-electron chi connectivity index (χ3n) is 2.11. The zero-order valence-electron chi connectivity index (χ0n) is 9.72. The molecule has 6 nitrogen and oxygen atoms in total. The first-order chi connectivity index (χ1) is 8.03. The topological polar surface area (TPSA) is 81.7 Å². The fourth-order valence-electron chi connectivity index (χ4n) is 1.38. The Labute approximate surface area is 101 Å².